The highest BCUT2D eigenvalue weighted by molar-refractivity contribution is 5.46. The summed E-state index contributed by atoms with van der Waals surface area (Å²) in [4.78, 5) is 20.7. The lowest BCUT2D eigenvalue weighted by Gasteiger charge is -2.10. The smallest absolute Gasteiger partial charge is 0.276 e. The molecule has 31 heavy (non-hydrogen) atoms. The number of rotatable bonds is 2. The van der Waals surface area contributed by atoms with Crippen LogP contribution in [-0.2, 0) is 13.5 Å². The van der Waals surface area contributed by atoms with Crippen LogP contribution in [0.5, 0.6) is 0 Å². The van der Waals surface area contributed by atoms with Crippen molar-refractivity contribution < 1.29 is 0 Å². The lowest BCUT2D eigenvalue weighted by Crippen LogP contribution is -2.22. The molecule has 0 spiro atoms. The number of benzene rings is 1. The summed E-state index contributed by atoms with van der Waals surface area (Å²) < 4.78 is 3.22. The molecule has 0 bridgehead atoms. The van der Waals surface area contributed by atoms with Crippen LogP contribution in [0.15, 0.2) is 66.0 Å². The molecule has 7 heteroatoms. The molecular formula is C24H20N6O. The number of aromatic nitrogens is 5. The van der Waals surface area contributed by atoms with Crippen molar-refractivity contribution in [1.82, 2.24) is 24.3 Å². The fourth-order valence-electron chi connectivity index (χ4n) is 3.95. The normalized spacial score (nSPS) is 14.7. The Labute approximate surface area is 179 Å². The first kappa shape index (κ1) is 18.8. The van der Waals surface area contributed by atoms with E-state index in [1.807, 2.05) is 24.4 Å². The Balaban J connectivity index is 1.52. The van der Waals surface area contributed by atoms with Crippen LogP contribution in [0.2, 0.25) is 0 Å². The van der Waals surface area contributed by atoms with Crippen LogP contribution in [0, 0.1) is 11.8 Å². The molecule has 2 N–H and O–H groups in total. The summed E-state index contributed by atoms with van der Waals surface area (Å²) in [7, 11) is 1.72. The van der Waals surface area contributed by atoms with E-state index < -0.39 is 0 Å². The van der Waals surface area contributed by atoms with Gasteiger partial charge in [-0.15, -0.1) is 0 Å². The quantitative estimate of drug-likeness (QED) is 0.515. The Bertz CT molecular complexity index is 1370. The molecule has 1 atom stereocenters. The molecule has 0 amide bonds. The SMILES string of the molecule is Cn1cc(C#Cc2cnc(N)nc2)cc(-n2cc3c(n2)C(c2ccccc2)CC3)c1=O. The maximum atomic E-state index is 12.8. The molecule has 7 nitrogen and oxygen atoms in total. The zero-order valence-corrected chi connectivity index (χ0v) is 17.0. The van der Waals surface area contributed by atoms with Gasteiger partial charge in [0.25, 0.3) is 5.56 Å². The van der Waals surface area contributed by atoms with Gasteiger partial charge < -0.3 is 10.3 Å². The molecule has 0 fully saturated rings. The van der Waals surface area contributed by atoms with Crippen molar-refractivity contribution in [2.75, 3.05) is 5.73 Å². The van der Waals surface area contributed by atoms with E-state index in [-0.39, 0.29) is 17.4 Å². The van der Waals surface area contributed by atoms with E-state index in [1.165, 1.54) is 15.7 Å². The average molecular weight is 408 g/mol. The van der Waals surface area contributed by atoms with Gasteiger partial charge in [0.1, 0.15) is 5.69 Å². The molecule has 3 aromatic heterocycles. The van der Waals surface area contributed by atoms with Crippen LogP contribution < -0.4 is 11.3 Å². The topological polar surface area (TPSA) is 91.6 Å². The summed E-state index contributed by atoms with van der Waals surface area (Å²) in [5.74, 6) is 6.54. The molecule has 0 aliphatic heterocycles. The van der Waals surface area contributed by atoms with Crippen LogP contribution >= 0.6 is 0 Å². The molecule has 5 rings (SSSR count). The number of aryl methyl sites for hydroxylation is 2. The van der Waals surface area contributed by atoms with E-state index in [1.54, 1.807) is 36.4 Å². The van der Waals surface area contributed by atoms with Crippen molar-refractivity contribution in [3.63, 3.8) is 0 Å². The zero-order valence-electron chi connectivity index (χ0n) is 17.0. The number of nitrogens with zero attached hydrogens (tertiary/aromatic N) is 5. The highest BCUT2D eigenvalue weighted by Crippen LogP contribution is 2.37. The van der Waals surface area contributed by atoms with Crippen molar-refractivity contribution in [3.8, 4) is 17.5 Å². The van der Waals surface area contributed by atoms with Gasteiger partial charge in [0.05, 0.1) is 11.3 Å². The Morgan fingerprint density at radius 2 is 1.81 bits per heavy atom. The van der Waals surface area contributed by atoms with E-state index >= 15 is 0 Å². The first-order valence-electron chi connectivity index (χ1n) is 10.0. The second kappa shape index (κ2) is 7.58. The number of hydrogen-bond donors (Lipinski definition) is 1. The number of hydrogen-bond acceptors (Lipinski definition) is 5. The summed E-state index contributed by atoms with van der Waals surface area (Å²) in [6.45, 7) is 0. The van der Waals surface area contributed by atoms with E-state index in [2.05, 4.69) is 33.9 Å². The van der Waals surface area contributed by atoms with E-state index in [9.17, 15) is 4.79 Å². The Morgan fingerprint density at radius 3 is 2.58 bits per heavy atom. The summed E-state index contributed by atoms with van der Waals surface area (Å²) >= 11 is 0. The second-order valence-corrected chi connectivity index (χ2v) is 7.60. The van der Waals surface area contributed by atoms with Crippen LogP contribution in [-0.4, -0.2) is 24.3 Å². The molecule has 1 unspecified atom stereocenters. The van der Waals surface area contributed by atoms with Gasteiger partial charge in [-0.2, -0.15) is 5.10 Å². The summed E-state index contributed by atoms with van der Waals surface area (Å²) in [5.41, 5.74) is 10.7. The molecule has 0 saturated carbocycles. The molecule has 3 heterocycles. The van der Waals surface area contributed by atoms with Gasteiger partial charge in [0, 0.05) is 43.3 Å². The number of fused-ring (bicyclic) bond motifs is 1. The van der Waals surface area contributed by atoms with Crippen molar-refractivity contribution in [3.05, 3.63) is 99.5 Å². The van der Waals surface area contributed by atoms with Gasteiger partial charge in [0.15, 0.2) is 0 Å². The number of pyridine rings is 1. The van der Waals surface area contributed by atoms with E-state index in [0.29, 0.717) is 16.8 Å². The fraction of sp³-hybridized carbons (Fsp3) is 0.167. The first-order valence-corrected chi connectivity index (χ1v) is 10.0. The number of nitrogen functional groups attached to an aromatic ring is 1. The molecule has 0 saturated heterocycles. The minimum atomic E-state index is -0.126. The van der Waals surface area contributed by atoms with Gasteiger partial charge in [0.2, 0.25) is 5.95 Å². The highest BCUT2D eigenvalue weighted by atomic mass is 16.1. The van der Waals surface area contributed by atoms with E-state index in [0.717, 1.165) is 18.5 Å². The monoisotopic (exact) mass is 408 g/mol. The van der Waals surface area contributed by atoms with Crippen molar-refractivity contribution in [1.29, 1.82) is 0 Å². The fourth-order valence-corrected chi connectivity index (χ4v) is 3.95. The van der Waals surface area contributed by atoms with E-state index in [4.69, 9.17) is 10.8 Å². The first-order chi connectivity index (χ1) is 15.1. The predicted molar refractivity (Wildman–Crippen MR) is 118 cm³/mol. The minimum Gasteiger partial charge on any atom is -0.368 e. The lowest BCUT2D eigenvalue weighted by atomic mass is 9.97. The molecule has 1 aliphatic carbocycles. The zero-order chi connectivity index (χ0) is 21.4. The third-order valence-corrected chi connectivity index (χ3v) is 5.49. The molecular weight excluding hydrogens is 388 g/mol. The maximum absolute atomic E-state index is 12.8. The van der Waals surface area contributed by atoms with Gasteiger partial charge in [-0.1, -0.05) is 42.2 Å². The Kier molecular flexibility index (Phi) is 4.60. The van der Waals surface area contributed by atoms with Gasteiger partial charge in [-0.3, -0.25) is 4.79 Å². The molecule has 1 aromatic carbocycles. The van der Waals surface area contributed by atoms with Crippen LogP contribution in [0.1, 0.15) is 40.3 Å². The summed E-state index contributed by atoms with van der Waals surface area (Å²) in [5, 5.41) is 4.81. The number of anilines is 1. The average Bonchev–Trinajstić information content (AvgIpc) is 3.37. The largest absolute Gasteiger partial charge is 0.368 e. The predicted octanol–water partition coefficient (Wildman–Crippen LogP) is 2.42. The summed E-state index contributed by atoms with van der Waals surface area (Å²) in [6.07, 6.45) is 8.81. The Hall–Kier alpha value is -4.18. The second-order valence-electron chi connectivity index (χ2n) is 7.60. The molecule has 4 aromatic rings. The van der Waals surface area contributed by atoms with Crippen molar-refractivity contribution in [2.24, 2.45) is 7.05 Å². The summed E-state index contributed by atoms with van der Waals surface area (Å²) in [6, 6.07) is 12.2. The highest BCUT2D eigenvalue weighted by Gasteiger charge is 2.28. The standard InChI is InChI=1S/C24H20N6O/c1-29-14-16(7-8-17-12-26-24(25)27-13-17)11-21(23(29)31)30-15-19-9-10-20(22(19)28-30)18-5-3-2-4-6-18/h2-6,11-15,20H,9-10H2,1H3,(H2,25,26,27). The Morgan fingerprint density at radius 1 is 1.06 bits per heavy atom. The third-order valence-electron chi connectivity index (χ3n) is 5.49. The van der Waals surface area contributed by atoms with Crippen LogP contribution in [0.4, 0.5) is 5.95 Å². The van der Waals surface area contributed by atoms with Crippen LogP contribution in [0.25, 0.3) is 5.69 Å². The molecule has 152 valence electrons. The van der Waals surface area contributed by atoms with Crippen LogP contribution in [0.3, 0.4) is 0 Å². The lowest BCUT2D eigenvalue weighted by molar-refractivity contribution is 0.717. The number of nitrogens with two attached hydrogens (primary N) is 1. The van der Waals surface area contributed by atoms with Crippen molar-refractivity contribution in [2.45, 2.75) is 18.8 Å². The van der Waals surface area contributed by atoms with Gasteiger partial charge >= 0.3 is 0 Å². The van der Waals surface area contributed by atoms with Gasteiger partial charge in [-0.25, -0.2) is 14.6 Å². The minimum absolute atomic E-state index is 0.126. The molecule has 0 radical (unpaired) electrons. The maximum Gasteiger partial charge on any atom is 0.276 e. The van der Waals surface area contributed by atoms with Gasteiger partial charge in [-0.05, 0) is 30.0 Å². The molecule has 1 aliphatic rings. The van der Waals surface area contributed by atoms with Crippen molar-refractivity contribution >= 4 is 5.95 Å². The third kappa shape index (κ3) is 3.60.